The van der Waals surface area contributed by atoms with Gasteiger partial charge < -0.3 is 18.9 Å². The minimum atomic E-state index is -1.55. The summed E-state index contributed by atoms with van der Waals surface area (Å²) in [7, 11) is 1.60. The van der Waals surface area contributed by atoms with E-state index in [1.54, 1.807) is 21.0 Å². The van der Waals surface area contributed by atoms with Crippen molar-refractivity contribution in [2.24, 2.45) is 5.41 Å². The Hall–Kier alpha value is -3.28. The smallest absolute Gasteiger partial charge is 0.328 e. The van der Waals surface area contributed by atoms with E-state index in [9.17, 15) is 9.59 Å². The summed E-state index contributed by atoms with van der Waals surface area (Å²) in [4.78, 5) is 26.8. The number of hydrogen-bond donors (Lipinski definition) is 0. The van der Waals surface area contributed by atoms with Crippen molar-refractivity contribution in [2.45, 2.75) is 26.2 Å². The number of hydrogen-bond acceptors (Lipinski definition) is 6. The molecule has 4 rings (SSSR count). The summed E-state index contributed by atoms with van der Waals surface area (Å²) in [5, 5.41) is 0. The molecule has 6 nitrogen and oxygen atoms in total. The standard InChI is InChI=1S/C25H26O6/c1-4-29-23(26)25(24(27)30-5-2)14-19-18-13-17(28-3)11-12-21(18)31-15-20(19)22(25)16-9-7-6-8-10-16/h6-13,19H,4-5,14-15H2,1-3H3. The zero-order valence-corrected chi connectivity index (χ0v) is 18.0. The van der Waals surface area contributed by atoms with Gasteiger partial charge in [0.05, 0.1) is 20.3 Å². The van der Waals surface area contributed by atoms with Gasteiger partial charge in [-0.15, -0.1) is 0 Å². The molecule has 0 spiro atoms. The highest BCUT2D eigenvalue weighted by molar-refractivity contribution is 6.14. The van der Waals surface area contributed by atoms with Gasteiger partial charge in [0.15, 0.2) is 5.41 Å². The quantitative estimate of drug-likeness (QED) is 0.515. The van der Waals surface area contributed by atoms with E-state index in [4.69, 9.17) is 18.9 Å². The van der Waals surface area contributed by atoms with E-state index in [0.717, 1.165) is 22.4 Å². The highest BCUT2D eigenvalue weighted by atomic mass is 16.6. The number of methoxy groups -OCH3 is 1. The van der Waals surface area contributed by atoms with Crippen LogP contribution in [0.1, 0.15) is 37.3 Å². The van der Waals surface area contributed by atoms with Gasteiger partial charge in [0.1, 0.15) is 18.1 Å². The molecule has 0 fully saturated rings. The molecule has 1 aliphatic heterocycles. The molecular formula is C25H26O6. The van der Waals surface area contributed by atoms with E-state index >= 15 is 0 Å². The molecule has 0 saturated carbocycles. The maximum absolute atomic E-state index is 13.4. The van der Waals surface area contributed by atoms with E-state index in [2.05, 4.69) is 0 Å². The average Bonchev–Trinajstić information content (AvgIpc) is 3.16. The summed E-state index contributed by atoms with van der Waals surface area (Å²) in [5.74, 6) is 0.0558. The fraction of sp³-hybridized carbons (Fsp3) is 0.360. The van der Waals surface area contributed by atoms with Crippen LogP contribution in [0.25, 0.3) is 5.57 Å². The second-order valence-corrected chi connectivity index (χ2v) is 7.56. The third kappa shape index (κ3) is 3.36. The SMILES string of the molecule is CCOC(=O)C1(C(=O)OCC)CC2C(=C1c1ccccc1)COc1ccc(OC)cc12. The van der Waals surface area contributed by atoms with Crippen molar-refractivity contribution in [1.29, 1.82) is 0 Å². The Morgan fingerprint density at radius 3 is 2.32 bits per heavy atom. The first-order valence-electron chi connectivity index (χ1n) is 10.5. The number of benzene rings is 2. The zero-order valence-electron chi connectivity index (χ0n) is 18.0. The number of rotatable bonds is 6. The number of ether oxygens (including phenoxy) is 4. The normalized spacial score (nSPS) is 18.5. The number of esters is 2. The minimum absolute atomic E-state index is 0.170. The molecule has 1 aliphatic carbocycles. The highest BCUT2D eigenvalue weighted by Crippen LogP contribution is 2.59. The van der Waals surface area contributed by atoms with Gasteiger partial charge in [0, 0.05) is 11.5 Å². The second-order valence-electron chi connectivity index (χ2n) is 7.56. The summed E-state index contributed by atoms with van der Waals surface area (Å²) >= 11 is 0. The molecule has 162 valence electrons. The van der Waals surface area contributed by atoms with Crippen molar-refractivity contribution >= 4 is 17.5 Å². The van der Waals surface area contributed by atoms with Crippen LogP contribution in [0.15, 0.2) is 54.1 Å². The highest BCUT2D eigenvalue weighted by Gasteiger charge is 2.60. The lowest BCUT2D eigenvalue weighted by molar-refractivity contribution is -0.167. The van der Waals surface area contributed by atoms with Crippen molar-refractivity contribution < 1.29 is 28.5 Å². The number of carbonyl (C=O) groups excluding carboxylic acids is 2. The van der Waals surface area contributed by atoms with Gasteiger partial charge in [-0.2, -0.15) is 0 Å². The summed E-state index contributed by atoms with van der Waals surface area (Å²) in [6.45, 7) is 4.09. The largest absolute Gasteiger partial charge is 0.497 e. The fourth-order valence-corrected chi connectivity index (χ4v) is 4.66. The third-order valence-electron chi connectivity index (χ3n) is 5.96. The molecule has 2 aliphatic rings. The minimum Gasteiger partial charge on any atom is -0.497 e. The third-order valence-corrected chi connectivity index (χ3v) is 5.96. The molecule has 0 aromatic heterocycles. The molecule has 2 aromatic carbocycles. The van der Waals surface area contributed by atoms with Crippen LogP contribution in [0, 0.1) is 5.41 Å². The molecule has 31 heavy (non-hydrogen) atoms. The average molecular weight is 422 g/mol. The van der Waals surface area contributed by atoms with Crippen LogP contribution in [0.4, 0.5) is 0 Å². The maximum atomic E-state index is 13.4. The van der Waals surface area contributed by atoms with E-state index in [-0.39, 0.29) is 32.2 Å². The molecule has 1 unspecified atom stereocenters. The lowest BCUT2D eigenvalue weighted by Crippen LogP contribution is -2.42. The van der Waals surface area contributed by atoms with Crippen LogP contribution in [-0.2, 0) is 19.1 Å². The van der Waals surface area contributed by atoms with E-state index < -0.39 is 17.4 Å². The Morgan fingerprint density at radius 2 is 1.71 bits per heavy atom. The van der Waals surface area contributed by atoms with Crippen molar-refractivity contribution in [3.63, 3.8) is 0 Å². The molecule has 0 saturated heterocycles. The van der Waals surface area contributed by atoms with Gasteiger partial charge in [-0.1, -0.05) is 30.3 Å². The first kappa shape index (κ1) is 21.0. The van der Waals surface area contributed by atoms with Gasteiger partial charge in [-0.05, 0) is 55.2 Å². The number of fused-ring (bicyclic) bond motifs is 3. The summed E-state index contributed by atoms with van der Waals surface area (Å²) in [6.07, 6.45) is 0.230. The molecule has 0 N–H and O–H groups in total. The Kier molecular flexibility index (Phi) is 5.72. The van der Waals surface area contributed by atoms with Crippen molar-refractivity contribution in [3.05, 3.63) is 65.2 Å². The predicted molar refractivity (Wildman–Crippen MR) is 115 cm³/mol. The van der Waals surface area contributed by atoms with Gasteiger partial charge in [-0.3, -0.25) is 9.59 Å². The van der Waals surface area contributed by atoms with Crippen LogP contribution >= 0.6 is 0 Å². The lowest BCUT2D eigenvalue weighted by atomic mass is 9.76. The first-order chi connectivity index (χ1) is 15.1. The van der Waals surface area contributed by atoms with Crippen molar-refractivity contribution in [1.82, 2.24) is 0 Å². The van der Waals surface area contributed by atoms with Gasteiger partial charge in [0.2, 0.25) is 0 Å². The molecule has 6 heteroatoms. The van der Waals surface area contributed by atoms with E-state index in [0.29, 0.717) is 11.3 Å². The Balaban J connectivity index is 1.96. The maximum Gasteiger partial charge on any atom is 0.328 e. The molecule has 1 atom stereocenters. The summed E-state index contributed by atoms with van der Waals surface area (Å²) < 4.78 is 22.3. The molecule has 0 bridgehead atoms. The van der Waals surface area contributed by atoms with E-state index in [1.807, 2.05) is 48.5 Å². The van der Waals surface area contributed by atoms with Crippen molar-refractivity contribution in [2.75, 3.05) is 26.9 Å². The van der Waals surface area contributed by atoms with Crippen LogP contribution in [0.5, 0.6) is 11.5 Å². The van der Waals surface area contributed by atoms with Gasteiger partial charge >= 0.3 is 11.9 Å². The molecule has 2 aromatic rings. The first-order valence-corrected chi connectivity index (χ1v) is 10.5. The second kappa shape index (κ2) is 8.46. The van der Waals surface area contributed by atoms with Crippen LogP contribution in [-0.4, -0.2) is 38.9 Å². The lowest BCUT2D eigenvalue weighted by Gasteiger charge is -2.28. The topological polar surface area (TPSA) is 71.1 Å². The summed E-state index contributed by atoms with van der Waals surface area (Å²) in [6, 6.07) is 15.1. The molecular weight excluding hydrogens is 396 g/mol. The van der Waals surface area contributed by atoms with E-state index in [1.165, 1.54) is 0 Å². The van der Waals surface area contributed by atoms with Crippen LogP contribution < -0.4 is 9.47 Å². The fourth-order valence-electron chi connectivity index (χ4n) is 4.66. The number of carbonyl (C=O) groups is 2. The monoisotopic (exact) mass is 422 g/mol. The van der Waals surface area contributed by atoms with Crippen molar-refractivity contribution in [3.8, 4) is 11.5 Å². The van der Waals surface area contributed by atoms with Gasteiger partial charge in [0.25, 0.3) is 0 Å². The zero-order chi connectivity index (χ0) is 22.0. The summed E-state index contributed by atoms with van der Waals surface area (Å²) in [5.41, 5.74) is 1.65. The molecule has 0 amide bonds. The predicted octanol–water partition coefficient (Wildman–Crippen LogP) is 4.14. The van der Waals surface area contributed by atoms with Crippen LogP contribution in [0.2, 0.25) is 0 Å². The van der Waals surface area contributed by atoms with Gasteiger partial charge in [-0.25, -0.2) is 0 Å². The molecule has 0 radical (unpaired) electrons. The van der Waals surface area contributed by atoms with Crippen LogP contribution in [0.3, 0.4) is 0 Å². The Labute approximate surface area is 181 Å². The Bertz CT molecular complexity index is 1010. The molecule has 1 heterocycles. The Morgan fingerprint density at radius 1 is 1.03 bits per heavy atom.